The Morgan fingerprint density at radius 2 is 2.00 bits per heavy atom. The zero-order chi connectivity index (χ0) is 26.4. The van der Waals surface area contributed by atoms with E-state index >= 15 is 0 Å². The molecule has 0 aliphatic heterocycles. The summed E-state index contributed by atoms with van der Waals surface area (Å²) in [5.74, 6) is 0.862. The Balaban J connectivity index is 0.000000560. The average molecular weight is 533 g/mol. The number of aromatic nitrogens is 3. The van der Waals surface area contributed by atoms with Crippen LogP contribution in [-0.4, -0.2) is 33.0 Å². The van der Waals surface area contributed by atoms with Gasteiger partial charge in [-0.25, -0.2) is 13.8 Å². The fourth-order valence-electron chi connectivity index (χ4n) is 3.55. The van der Waals surface area contributed by atoms with Crippen molar-refractivity contribution in [1.29, 1.82) is 5.41 Å². The van der Waals surface area contributed by atoms with Crippen LogP contribution in [0.5, 0.6) is 5.75 Å². The number of hydrogen-bond donors (Lipinski definition) is 3. The lowest BCUT2D eigenvalue weighted by Gasteiger charge is -2.27. The molecule has 9 nitrogen and oxygen atoms in total. The van der Waals surface area contributed by atoms with Crippen LogP contribution in [0.15, 0.2) is 59.8 Å². The number of nitrogens with two attached hydrogens (primary N) is 1. The van der Waals surface area contributed by atoms with Gasteiger partial charge in [0.05, 0.1) is 18.4 Å². The summed E-state index contributed by atoms with van der Waals surface area (Å²) < 4.78 is 32.7. The van der Waals surface area contributed by atoms with E-state index in [9.17, 15) is 18.4 Å². The third-order valence-corrected chi connectivity index (χ3v) is 6.15. The van der Waals surface area contributed by atoms with Gasteiger partial charge >= 0.3 is 0 Å². The molecular formula is C25H30F2N6O3S. The Morgan fingerprint density at radius 1 is 1.30 bits per heavy atom. The minimum atomic E-state index is -2.78. The number of allylic oxidation sites excluding steroid dienone is 1. The van der Waals surface area contributed by atoms with Gasteiger partial charge in [0.1, 0.15) is 17.3 Å². The molecule has 0 bridgehead atoms. The minimum absolute atomic E-state index is 0. The summed E-state index contributed by atoms with van der Waals surface area (Å²) in [4.78, 5) is 31.5. The number of ether oxygens (including phenoxy) is 1. The second-order valence-corrected chi connectivity index (χ2v) is 8.78. The molecule has 3 aromatic heterocycles. The first kappa shape index (κ1) is 29.5. The molecule has 0 amide bonds. The van der Waals surface area contributed by atoms with E-state index in [2.05, 4.69) is 16.5 Å². The Labute approximate surface area is 218 Å². The lowest BCUT2D eigenvalue weighted by molar-refractivity contribution is 0.112. The monoisotopic (exact) mass is 532 g/mol. The third kappa shape index (κ3) is 6.94. The van der Waals surface area contributed by atoms with Crippen molar-refractivity contribution in [1.82, 2.24) is 20.7 Å². The molecule has 3 heterocycles. The van der Waals surface area contributed by atoms with Crippen molar-refractivity contribution in [2.24, 2.45) is 11.1 Å². The van der Waals surface area contributed by atoms with Gasteiger partial charge in [-0.1, -0.05) is 12.2 Å². The number of hydrogen-bond acceptors (Lipinski definition) is 9. The number of carbonyl (C=O) groups excluding carboxylic acids is 1. The Kier molecular flexibility index (Phi) is 10.4. The highest BCUT2D eigenvalue weighted by Crippen LogP contribution is 2.35. The number of pyridine rings is 3. The molecule has 12 heteroatoms. The molecule has 4 rings (SSSR count). The highest BCUT2D eigenvalue weighted by atomic mass is 32.2. The number of rotatable bonds is 6. The number of aryl methyl sites for hydroxylation is 1. The van der Waals surface area contributed by atoms with Crippen molar-refractivity contribution in [3.63, 3.8) is 0 Å². The number of halogens is 2. The normalized spacial score (nSPS) is 12.6. The van der Waals surface area contributed by atoms with Gasteiger partial charge in [-0.3, -0.25) is 29.7 Å². The first-order valence-corrected chi connectivity index (χ1v) is 11.7. The Hall–Kier alpha value is -3.74. The number of alkyl halides is 2. The number of methoxy groups -OCH3 is 1. The topological polar surface area (TPSA) is 159 Å². The summed E-state index contributed by atoms with van der Waals surface area (Å²) in [6, 6.07) is 5.82. The van der Waals surface area contributed by atoms with Crippen LogP contribution in [0, 0.1) is 18.3 Å². The SMILES string of the molecule is C=C1CC(C(=N)SN)C1.COc1cnc(C(F)F)cc1-c1cc(-n2ccc(C)cc2=O)ncc1C=O.N.[HH]. The molecule has 198 valence electrons. The van der Waals surface area contributed by atoms with E-state index in [0.29, 0.717) is 22.8 Å². The second-order valence-electron chi connectivity index (χ2n) is 8.11. The van der Waals surface area contributed by atoms with Gasteiger partial charge < -0.3 is 10.9 Å². The molecule has 1 aliphatic carbocycles. The van der Waals surface area contributed by atoms with E-state index in [-0.39, 0.29) is 35.8 Å². The second kappa shape index (κ2) is 13.0. The van der Waals surface area contributed by atoms with Crippen LogP contribution in [0.2, 0.25) is 0 Å². The van der Waals surface area contributed by atoms with E-state index in [1.807, 2.05) is 0 Å². The lowest BCUT2D eigenvalue weighted by Crippen LogP contribution is -2.21. The first-order chi connectivity index (χ1) is 17.2. The van der Waals surface area contributed by atoms with Gasteiger partial charge in [0, 0.05) is 42.5 Å². The molecule has 3 aromatic rings. The molecule has 37 heavy (non-hydrogen) atoms. The molecular weight excluding hydrogens is 502 g/mol. The van der Waals surface area contributed by atoms with Crippen molar-refractivity contribution >= 4 is 23.3 Å². The predicted molar refractivity (Wildman–Crippen MR) is 143 cm³/mol. The Bertz CT molecular complexity index is 1360. The van der Waals surface area contributed by atoms with Crippen molar-refractivity contribution in [3.8, 4) is 22.7 Å². The highest BCUT2D eigenvalue weighted by molar-refractivity contribution is 8.11. The van der Waals surface area contributed by atoms with Gasteiger partial charge in [0.15, 0.2) is 6.29 Å². The van der Waals surface area contributed by atoms with Crippen LogP contribution in [-0.2, 0) is 0 Å². The molecule has 0 unspecified atom stereocenters. The molecule has 0 atom stereocenters. The summed E-state index contributed by atoms with van der Waals surface area (Å²) in [7, 11) is 1.37. The zero-order valence-electron chi connectivity index (χ0n) is 20.4. The number of nitrogens with one attached hydrogen (secondary N) is 1. The molecule has 1 aliphatic rings. The fraction of sp³-hybridized carbons (Fsp3) is 0.240. The minimum Gasteiger partial charge on any atom is -0.494 e. The number of carbonyl (C=O) groups is 1. The van der Waals surface area contributed by atoms with Crippen molar-refractivity contribution < 1.29 is 19.7 Å². The van der Waals surface area contributed by atoms with E-state index in [1.165, 1.54) is 41.8 Å². The van der Waals surface area contributed by atoms with E-state index < -0.39 is 12.1 Å². The quantitative estimate of drug-likeness (QED) is 0.127. The van der Waals surface area contributed by atoms with Crippen LogP contribution < -0.4 is 21.6 Å². The van der Waals surface area contributed by atoms with Crippen LogP contribution in [0.1, 0.15) is 42.3 Å². The maximum Gasteiger partial charge on any atom is 0.280 e. The summed E-state index contributed by atoms with van der Waals surface area (Å²) in [5, 5.41) is 13.1. The van der Waals surface area contributed by atoms with Gasteiger partial charge in [0.2, 0.25) is 0 Å². The molecule has 0 saturated heterocycles. The van der Waals surface area contributed by atoms with Gasteiger partial charge in [0.25, 0.3) is 12.0 Å². The molecule has 0 aromatic carbocycles. The number of aldehydes is 1. The molecule has 1 saturated carbocycles. The van der Waals surface area contributed by atoms with Gasteiger partial charge in [-0.15, -0.1) is 0 Å². The molecule has 1 fully saturated rings. The van der Waals surface area contributed by atoms with Crippen LogP contribution >= 0.6 is 11.9 Å². The Morgan fingerprint density at radius 3 is 2.54 bits per heavy atom. The summed E-state index contributed by atoms with van der Waals surface area (Å²) in [5.41, 5.74) is 2.02. The first-order valence-electron chi connectivity index (χ1n) is 10.8. The van der Waals surface area contributed by atoms with Crippen molar-refractivity contribution in [3.05, 3.63) is 82.2 Å². The number of nitrogens with zero attached hydrogens (tertiary/aromatic N) is 3. The van der Waals surface area contributed by atoms with Crippen molar-refractivity contribution in [2.75, 3.05) is 7.11 Å². The predicted octanol–water partition coefficient (Wildman–Crippen LogP) is 5.31. The largest absolute Gasteiger partial charge is 0.494 e. The van der Waals surface area contributed by atoms with Crippen LogP contribution in [0.25, 0.3) is 16.9 Å². The highest BCUT2D eigenvalue weighted by Gasteiger charge is 2.25. The van der Waals surface area contributed by atoms with Gasteiger partial charge in [-0.05, 0) is 55.5 Å². The van der Waals surface area contributed by atoms with Crippen LogP contribution in [0.4, 0.5) is 8.78 Å². The molecule has 6 N–H and O–H groups in total. The van der Waals surface area contributed by atoms with E-state index in [0.717, 1.165) is 36.4 Å². The fourth-order valence-corrected chi connectivity index (χ4v) is 3.91. The van der Waals surface area contributed by atoms with Crippen LogP contribution in [0.3, 0.4) is 0 Å². The maximum atomic E-state index is 13.1. The smallest absolute Gasteiger partial charge is 0.280 e. The summed E-state index contributed by atoms with van der Waals surface area (Å²) in [6.45, 7) is 5.57. The van der Waals surface area contributed by atoms with Gasteiger partial charge in [-0.2, -0.15) is 0 Å². The maximum absolute atomic E-state index is 13.1. The molecule has 0 radical (unpaired) electrons. The van der Waals surface area contributed by atoms with E-state index in [1.54, 1.807) is 19.2 Å². The third-order valence-electron chi connectivity index (χ3n) is 5.56. The lowest BCUT2D eigenvalue weighted by atomic mass is 9.82. The zero-order valence-corrected chi connectivity index (χ0v) is 21.2. The average Bonchev–Trinajstić information content (AvgIpc) is 2.86. The standard InChI is InChI=1S/C19H15F2N3O3.C6H10N2S.H3N.H2/c1-11-3-4-24(18(26)5-11)17-7-13(12(10-25)8-23-17)14-6-15(19(20)21)22-9-16(14)27-2;1-4-2-5(3-4)6(7)9-8;;/h3-10,19H,1-2H3;5,7H,1-3,8H2;1H3;1H. The summed E-state index contributed by atoms with van der Waals surface area (Å²) in [6.07, 6.45) is 3.74. The molecule has 0 spiro atoms. The van der Waals surface area contributed by atoms with Crippen molar-refractivity contribution in [2.45, 2.75) is 26.2 Å². The summed E-state index contributed by atoms with van der Waals surface area (Å²) >= 11 is 1.05. The van der Waals surface area contributed by atoms with E-state index in [4.69, 9.17) is 15.3 Å².